The zero-order valence-electron chi connectivity index (χ0n) is 8.98. The van der Waals surface area contributed by atoms with E-state index in [2.05, 4.69) is 0 Å². The number of carbonyl (C=O) groups excluding carboxylic acids is 1. The summed E-state index contributed by atoms with van der Waals surface area (Å²) in [5.41, 5.74) is 0.937. The fourth-order valence-electron chi connectivity index (χ4n) is 1.58. The quantitative estimate of drug-likeness (QED) is 0.709. The summed E-state index contributed by atoms with van der Waals surface area (Å²) in [5, 5.41) is 8.91. The first-order valence-corrected chi connectivity index (χ1v) is 5.45. The van der Waals surface area contributed by atoms with Crippen LogP contribution >= 0.6 is 0 Å². The summed E-state index contributed by atoms with van der Waals surface area (Å²) in [7, 11) is 0. The van der Waals surface area contributed by atoms with Crippen molar-refractivity contribution in [3.05, 3.63) is 29.3 Å². The molecule has 0 N–H and O–H groups in total. The topological polar surface area (TPSA) is 50.1 Å². The van der Waals surface area contributed by atoms with Gasteiger partial charge in [0.1, 0.15) is 18.1 Å². The Morgan fingerprint density at radius 2 is 2.31 bits per heavy atom. The molecule has 0 aliphatic heterocycles. The second-order valence-corrected chi connectivity index (χ2v) is 4.07. The third-order valence-electron chi connectivity index (χ3n) is 2.74. The molecular weight excluding hydrogens is 202 g/mol. The van der Waals surface area contributed by atoms with E-state index in [4.69, 9.17) is 10.00 Å². The van der Waals surface area contributed by atoms with E-state index < -0.39 is 0 Å². The average molecular weight is 215 g/mol. The van der Waals surface area contributed by atoms with Crippen LogP contribution in [-0.4, -0.2) is 12.9 Å². The predicted molar refractivity (Wildman–Crippen MR) is 59.4 cm³/mol. The molecule has 0 spiro atoms. The molecular formula is C13H13NO2. The predicted octanol–water partition coefficient (Wildman–Crippen LogP) is 2.55. The van der Waals surface area contributed by atoms with E-state index in [1.54, 1.807) is 18.2 Å². The Balaban J connectivity index is 2.01. The lowest BCUT2D eigenvalue weighted by molar-refractivity contribution is 0.112. The average Bonchev–Trinajstić information content (AvgIpc) is 3.13. The van der Waals surface area contributed by atoms with Gasteiger partial charge in [0, 0.05) is 5.56 Å². The summed E-state index contributed by atoms with van der Waals surface area (Å²) in [6.07, 6.45) is 4.40. The van der Waals surface area contributed by atoms with Crippen LogP contribution < -0.4 is 4.74 Å². The molecule has 0 saturated heterocycles. The monoisotopic (exact) mass is 215 g/mol. The van der Waals surface area contributed by atoms with Crippen molar-refractivity contribution >= 4 is 6.29 Å². The van der Waals surface area contributed by atoms with Gasteiger partial charge >= 0.3 is 0 Å². The molecule has 0 aromatic heterocycles. The van der Waals surface area contributed by atoms with Gasteiger partial charge in [0.15, 0.2) is 0 Å². The fourth-order valence-corrected chi connectivity index (χ4v) is 1.58. The molecule has 3 nitrogen and oxygen atoms in total. The zero-order chi connectivity index (χ0) is 11.4. The van der Waals surface area contributed by atoms with E-state index in [9.17, 15) is 4.79 Å². The van der Waals surface area contributed by atoms with Gasteiger partial charge in [-0.25, -0.2) is 0 Å². The Labute approximate surface area is 94.6 Å². The van der Waals surface area contributed by atoms with Crippen LogP contribution in [-0.2, 0) is 0 Å². The summed E-state index contributed by atoms with van der Waals surface area (Å²) < 4.78 is 5.54. The van der Waals surface area contributed by atoms with E-state index in [0.29, 0.717) is 23.5 Å². The molecule has 3 heteroatoms. The van der Waals surface area contributed by atoms with Crippen LogP contribution in [0.5, 0.6) is 5.75 Å². The van der Waals surface area contributed by atoms with E-state index in [1.807, 2.05) is 6.07 Å². The summed E-state index contributed by atoms with van der Waals surface area (Å²) in [6.45, 7) is 0.653. The van der Waals surface area contributed by atoms with Crippen molar-refractivity contribution in [2.24, 2.45) is 5.92 Å². The van der Waals surface area contributed by atoms with Crippen molar-refractivity contribution in [3.63, 3.8) is 0 Å². The number of nitrogens with zero attached hydrogens (tertiary/aromatic N) is 1. The zero-order valence-corrected chi connectivity index (χ0v) is 8.98. The number of aldehydes is 1. The van der Waals surface area contributed by atoms with E-state index in [-0.39, 0.29) is 0 Å². The Hall–Kier alpha value is -1.82. The number of rotatable bonds is 5. The number of ether oxygens (including phenoxy) is 1. The molecule has 82 valence electrons. The molecule has 1 saturated carbocycles. The van der Waals surface area contributed by atoms with Crippen LogP contribution in [0.15, 0.2) is 18.2 Å². The maximum absolute atomic E-state index is 10.5. The summed E-state index contributed by atoms with van der Waals surface area (Å²) in [6, 6.07) is 6.95. The minimum absolute atomic E-state index is 0.431. The van der Waals surface area contributed by atoms with Crippen molar-refractivity contribution in [2.75, 3.05) is 6.61 Å². The van der Waals surface area contributed by atoms with Gasteiger partial charge in [0.2, 0.25) is 0 Å². The van der Waals surface area contributed by atoms with E-state index >= 15 is 0 Å². The highest BCUT2D eigenvalue weighted by Gasteiger charge is 2.20. The van der Waals surface area contributed by atoms with Gasteiger partial charge in [-0.05, 0) is 30.5 Å². The maximum Gasteiger partial charge on any atom is 0.150 e. The van der Waals surface area contributed by atoms with Gasteiger partial charge in [-0.2, -0.15) is 5.26 Å². The first kappa shape index (κ1) is 10.7. The Morgan fingerprint density at radius 3 is 2.94 bits per heavy atom. The molecule has 16 heavy (non-hydrogen) atoms. The van der Waals surface area contributed by atoms with Gasteiger partial charge in [-0.1, -0.05) is 12.8 Å². The minimum Gasteiger partial charge on any atom is -0.492 e. The van der Waals surface area contributed by atoms with Crippen LogP contribution in [0.2, 0.25) is 0 Å². The Kier molecular flexibility index (Phi) is 3.21. The standard InChI is InChI=1S/C13H13NO2/c14-8-12-7-11(9-15)3-4-13(12)16-6-5-10-1-2-10/h3-4,7,9-10H,1-2,5-6H2. The summed E-state index contributed by atoms with van der Waals surface area (Å²) >= 11 is 0. The Bertz CT molecular complexity index is 430. The molecule has 0 heterocycles. The van der Waals surface area contributed by atoms with Gasteiger partial charge in [-0.15, -0.1) is 0 Å². The number of benzene rings is 1. The van der Waals surface area contributed by atoms with Crippen LogP contribution in [0.25, 0.3) is 0 Å². The molecule has 0 unspecified atom stereocenters. The first-order valence-electron chi connectivity index (χ1n) is 5.45. The molecule has 0 radical (unpaired) electrons. The Morgan fingerprint density at radius 1 is 1.50 bits per heavy atom. The van der Waals surface area contributed by atoms with Crippen LogP contribution in [0, 0.1) is 17.2 Å². The van der Waals surface area contributed by atoms with Crippen LogP contribution in [0.1, 0.15) is 35.2 Å². The van der Waals surface area contributed by atoms with Crippen molar-refractivity contribution < 1.29 is 9.53 Å². The van der Waals surface area contributed by atoms with Gasteiger partial charge in [0.05, 0.1) is 12.2 Å². The van der Waals surface area contributed by atoms with Crippen molar-refractivity contribution in [2.45, 2.75) is 19.3 Å². The lowest BCUT2D eigenvalue weighted by atomic mass is 10.1. The normalized spacial score (nSPS) is 14.2. The molecule has 0 bridgehead atoms. The molecule has 1 aromatic rings. The molecule has 0 atom stereocenters. The highest BCUT2D eigenvalue weighted by Crippen LogP contribution is 2.32. The molecule has 1 fully saturated rings. The smallest absolute Gasteiger partial charge is 0.150 e. The van der Waals surface area contributed by atoms with E-state index in [1.165, 1.54) is 12.8 Å². The van der Waals surface area contributed by atoms with Gasteiger partial charge < -0.3 is 4.74 Å². The molecule has 1 aliphatic rings. The first-order chi connectivity index (χ1) is 7.83. The second-order valence-electron chi connectivity index (χ2n) is 4.07. The number of nitriles is 1. The molecule has 1 aliphatic carbocycles. The number of hydrogen-bond acceptors (Lipinski definition) is 3. The minimum atomic E-state index is 0.431. The van der Waals surface area contributed by atoms with Crippen LogP contribution in [0.4, 0.5) is 0 Å². The molecule has 0 amide bonds. The van der Waals surface area contributed by atoms with Crippen molar-refractivity contribution in [1.29, 1.82) is 5.26 Å². The molecule has 1 aromatic carbocycles. The summed E-state index contributed by atoms with van der Waals surface area (Å²) in [4.78, 5) is 10.5. The largest absolute Gasteiger partial charge is 0.492 e. The SMILES string of the molecule is N#Cc1cc(C=O)ccc1OCCC1CC1. The maximum atomic E-state index is 10.5. The highest BCUT2D eigenvalue weighted by molar-refractivity contribution is 5.76. The third-order valence-corrected chi connectivity index (χ3v) is 2.74. The highest BCUT2D eigenvalue weighted by atomic mass is 16.5. The van der Waals surface area contributed by atoms with Gasteiger partial charge in [0.25, 0.3) is 0 Å². The fraction of sp³-hybridized carbons (Fsp3) is 0.385. The lowest BCUT2D eigenvalue weighted by Crippen LogP contribution is -2.00. The second kappa shape index (κ2) is 4.80. The lowest BCUT2D eigenvalue weighted by Gasteiger charge is -2.07. The number of hydrogen-bond donors (Lipinski definition) is 0. The number of carbonyl (C=O) groups is 1. The van der Waals surface area contributed by atoms with E-state index in [0.717, 1.165) is 18.6 Å². The van der Waals surface area contributed by atoms with Crippen molar-refractivity contribution in [3.8, 4) is 11.8 Å². The molecule has 2 rings (SSSR count). The summed E-state index contributed by atoms with van der Waals surface area (Å²) in [5.74, 6) is 1.40. The van der Waals surface area contributed by atoms with Gasteiger partial charge in [-0.3, -0.25) is 4.79 Å². The third kappa shape index (κ3) is 2.60. The van der Waals surface area contributed by atoms with Crippen LogP contribution in [0.3, 0.4) is 0 Å². The van der Waals surface area contributed by atoms with Crippen molar-refractivity contribution in [1.82, 2.24) is 0 Å².